The third kappa shape index (κ3) is 3.73. The number of benzene rings is 1. The maximum Gasteiger partial charge on any atom is 0.217 e. The number of hydrogen-bond acceptors (Lipinski definition) is 3. The third-order valence-electron chi connectivity index (χ3n) is 3.74. The van der Waals surface area contributed by atoms with Crippen molar-refractivity contribution in [2.24, 2.45) is 5.73 Å². The monoisotopic (exact) mass is 339 g/mol. The molecule has 20 heavy (non-hydrogen) atoms. The van der Waals surface area contributed by atoms with Crippen LogP contribution in [0.25, 0.3) is 0 Å². The van der Waals surface area contributed by atoms with Gasteiger partial charge in [-0.15, -0.1) is 0 Å². The molecule has 1 fully saturated rings. The zero-order chi connectivity index (χ0) is 14.7. The molecule has 110 valence electrons. The van der Waals surface area contributed by atoms with Crippen molar-refractivity contribution in [2.75, 3.05) is 18.0 Å². The van der Waals surface area contributed by atoms with Gasteiger partial charge in [-0.05, 0) is 37.5 Å². The van der Waals surface area contributed by atoms with E-state index in [1.807, 2.05) is 6.92 Å². The average molecular weight is 340 g/mol. The summed E-state index contributed by atoms with van der Waals surface area (Å²) in [5.41, 5.74) is 8.26. The molecule has 2 rings (SSSR count). The molecule has 0 unspecified atom stereocenters. The van der Waals surface area contributed by atoms with Crippen LogP contribution in [0.15, 0.2) is 22.7 Å². The van der Waals surface area contributed by atoms with Gasteiger partial charge in [0, 0.05) is 42.3 Å². The predicted molar refractivity (Wildman–Crippen MR) is 85.8 cm³/mol. The Hall–Kier alpha value is -1.07. The summed E-state index contributed by atoms with van der Waals surface area (Å²) in [4.78, 5) is 13.4. The minimum Gasteiger partial charge on any atom is -0.371 e. The first kappa shape index (κ1) is 15.3. The van der Waals surface area contributed by atoms with Crippen LogP contribution in [0.3, 0.4) is 0 Å². The van der Waals surface area contributed by atoms with Gasteiger partial charge in [0.1, 0.15) is 0 Å². The fourth-order valence-electron chi connectivity index (χ4n) is 2.65. The van der Waals surface area contributed by atoms with E-state index in [2.05, 4.69) is 44.3 Å². The highest BCUT2D eigenvalue weighted by molar-refractivity contribution is 9.10. The minimum atomic E-state index is 0.0314. The average Bonchev–Trinajstić information content (AvgIpc) is 2.38. The Morgan fingerprint density at radius 1 is 1.45 bits per heavy atom. The number of nitrogens with zero attached hydrogens (tertiary/aromatic N) is 1. The van der Waals surface area contributed by atoms with Crippen LogP contribution in [0, 0.1) is 0 Å². The number of halogens is 1. The number of carbonyl (C=O) groups is 1. The SMILES string of the molecule is CC(=O)NC1CCN(c2ccc([C@@H](C)N)c(Br)c2)CC1. The summed E-state index contributed by atoms with van der Waals surface area (Å²) < 4.78 is 1.06. The zero-order valence-corrected chi connectivity index (χ0v) is 13.6. The van der Waals surface area contributed by atoms with Crippen molar-refractivity contribution in [3.8, 4) is 0 Å². The Labute approximate surface area is 128 Å². The molecule has 1 aliphatic rings. The lowest BCUT2D eigenvalue weighted by Gasteiger charge is -2.34. The molecule has 1 saturated heterocycles. The summed E-state index contributed by atoms with van der Waals surface area (Å²) in [5.74, 6) is 0.0625. The van der Waals surface area contributed by atoms with Crippen LogP contribution in [0.4, 0.5) is 5.69 Å². The molecule has 0 bridgehead atoms. The van der Waals surface area contributed by atoms with E-state index in [4.69, 9.17) is 5.73 Å². The summed E-state index contributed by atoms with van der Waals surface area (Å²) in [6.45, 7) is 5.50. The summed E-state index contributed by atoms with van der Waals surface area (Å²) in [5, 5.41) is 3.00. The number of nitrogens with two attached hydrogens (primary N) is 1. The molecule has 1 aliphatic heterocycles. The van der Waals surface area contributed by atoms with Crippen LogP contribution in [-0.4, -0.2) is 25.0 Å². The lowest BCUT2D eigenvalue weighted by molar-refractivity contribution is -0.119. The Morgan fingerprint density at radius 2 is 2.10 bits per heavy atom. The van der Waals surface area contributed by atoms with Gasteiger partial charge in [-0.2, -0.15) is 0 Å². The lowest BCUT2D eigenvalue weighted by atomic mass is 10.0. The van der Waals surface area contributed by atoms with E-state index in [0.717, 1.165) is 36.0 Å². The van der Waals surface area contributed by atoms with Gasteiger partial charge in [0.2, 0.25) is 5.91 Å². The van der Waals surface area contributed by atoms with Crippen molar-refractivity contribution >= 4 is 27.5 Å². The molecule has 1 atom stereocenters. The molecule has 1 aromatic rings. The third-order valence-corrected chi connectivity index (χ3v) is 4.43. The number of piperidine rings is 1. The maximum absolute atomic E-state index is 11.1. The summed E-state index contributed by atoms with van der Waals surface area (Å²) in [6, 6.07) is 6.70. The van der Waals surface area contributed by atoms with E-state index in [1.54, 1.807) is 6.92 Å². The van der Waals surface area contributed by atoms with E-state index in [-0.39, 0.29) is 11.9 Å². The van der Waals surface area contributed by atoms with Crippen LogP contribution >= 0.6 is 15.9 Å². The first-order chi connectivity index (χ1) is 9.47. The standard InChI is InChI=1S/C15H22BrN3O/c1-10(17)14-4-3-13(9-15(14)16)19-7-5-12(6-8-19)18-11(2)20/h3-4,9-10,12H,5-8,17H2,1-2H3,(H,18,20)/t10-/m1/s1. The smallest absolute Gasteiger partial charge is 0.217 e. The lowest BCUT2D eigenvalue weighted by Crippen LogP contribution is -2.44. The predicted octanol–water partition coefficient (Wildman–Crippen LogP) is 2.57. The van der Waals surface area contributed by atoms with Gasteiger partial charge in [0.25, 0.3) is 0 Å². The molecule has 1 amide bonds. The highest BCUT2D eigenvalue weighted by Crippen LogP contribution is 2.28. The molecule has 5 heteroatoms. The van der Waals surface area contributed by atoms with E-state index in [9.17, 15) is 4.79 Å². The molecule has 0 aromatic heterocycles. The van der Waals surface area contributed by atoms with E-state index in [0.29, 0.717) is 6.04 Å². The van der Waals surface area contributed by atoms with E-state index in [1.165, 1.54) is 5.69 Å². The van der Waals surface area contributed by atoms with Gasteiger partial charge in [-0.25, -0.2) is 0 Å². The first-order valence-electron chi connectivity index (χ1n) is 7.04. The number of nitrogens with one attached hydrogen (secondary N) is 1. The maximum atomic E-state index is 11.1. The van der Waals surface area contributed by atoms with Crippen molar-refractivity contribution in [3.63, 3.8) is 0 Å². The van der Waals surface area contributed by atoms with Gasteiger partial charge in [0.05, 0.1) is 0 Å². The number of amides is 1. The quantitative estimate of drug-likeness (QED) is 0.889. The molecule has 1 aromatic carbocycles. The van der Waals surface area contributed by atoms with Crippen LogP contribution in [0.1, 0.15) is 38.3 Å². The van der Waals surface area contributed by atoms with Gasteiger partial charge < -0.3 is 16.0 Å². The van der Waals surface area contributed by atoms with Crippen LogP contribution in [0.5, 0.6) is 0 Å². The van der Waals surface area contributed by atoms with Gasteiger partial charge in [0.15, 0.2) is 0 Å². The van der Waals surface area contributed by atoms with E-state index < -0.39 is 0 Å². The van der Waals surface area contributed by atoms with Gasteiger partial charge in [-0.3, -0.25) is 4.79 Å². The molecule has 0 aliphatic carbocycles. The van der Waals surface area contributed by atoms with Crippen molar-refractivity contribution in [1.29, 1.82) is 0 Å². The largest absolute Gasteiger partial charge is 0.371 e. The topological polar surface area (TPSA) is 58.4 Å². The fraction of sp³-hybridized carbons (Fsp3) is 0.533. The fourth-order valence-corrected chi connectivity index (χ4v) is 3.38. The first-order valence-corrected chi connectivity index (χ1v) is 7.83. The Morgan fingerprint density at radius 3 is 2.60 bits per heavy atom. The Balaban J connectivity index is 2.00. The van der Waals surface area contributed by atoms with Gasteiger partial charge in [-0.1, -0.05) is 22.0 Å². The summed E-state index contributed by atoms with van der Waals surface area (Å²) >= 11 is 3.60. The molecule has 0 radical (unpaired) electrons. The number of hydrogen-bond donors (Lipinski definition) is 2. The second kappa shape index (κ2) is 6.59. The highest BCUT2D eigenvalue weighted by atomic mass is 79.9. The number of rotatable bonds is 3. The van der Waals surface area contributed by atoms with Crippen molar-refractivity contribution in [2.45, 2.75) is 38.8 Å². The molecule has 0 saturated carbocycles. The number of anilines is 1. The second-order valence-electron chi connectivity index (χ2n) is 5.46. The normalized spacial score (nSPS) is 17.9. The van der Waals surface area contributed by atoms with Crippen LogP contribution in [0.2, 0.25) is 0 Å². The zero-order valence-electron chi connectivity index (χ0n) is 12.0. The van der Waals surface area contributed by atoms with E-state index >= 15 is 0 Å². The van der Waals surface area contributed by atoms with Crippen molar-refractivity contribution < 1.29 is 4.79 Å². The van der Waals surface area contributed by atoms with Crippen molar-refractivity contribution in [3.05, 3.63) is 28.2 Å². The molecule has 3 N–H and O–H groups in total. The van der Waals surface area contributed by atoms with Gasteiger partial charge >= 0.3 is 0 Å². The summed E-state index contributed by atoms with van der Waals surface area (Å²) in [7, 11) is 0. The Bertz CT molecular complexity index is 482. The highest BCUT2D eigenvalue weighted by Gasteiger charge is 2.20. The van der Waals surface area contributed by atoms with Crippen LogP contribution in [-0.2, 0) is 4.79 Å². The minimum absolute atomic E-state index is 0.0314. The molecular formula is C15H22BrN3O. The van der Waals surface area contributed by atoms with Crippen molar-refractivity contribution in [1.82, 2.24) is 5.32 Å². The molecule has 0 spiro atoms. The molecular weight excluding hydrogens is 318 g/mol. The van der Waals surface area contributed by atoms with Crippen LogP contribution < -0.4 is 16.0 Å². The second-order valence-corrected chi connectivity index (χ2v) is 6.31. The summed E-state index contributed by atoms with van der Waals surface area (Å²) in [6.07, 6.45) is 1.98. The molecule has 1 heterocycles. The number of carbonyl (C=O) groups excluding carboxylic acids is 1. The molecule has 4 nitrogen and oxygen atoms in total. The Kier molecular flexibility index (Phi) is 5.05.